The van der Waals surface area contributed by atoms with Crippen molar-refractivity contribution < 1.29 is 4.79 Å². The number of hydrogen-bond donors (Lipinski definition) is 2. The van der Waals surface area contributed by atoms with Crippen molar-refractivity contribution in [2.24, 2.45) is 0 Å². The first-order chi connectivity index (χ1) is 8.67. The molecule has 0 fully saturated rings. The van der Waals surface area contributed by atoms with Crippen molar-refractivity contribution in [3.8, 4) is 6.07 Å². The van der Waals surface area contributed by atoms with Gasteiger partial charge in [0.05, 0.1) is 5.70 Å². The fourth-order valence-corrected chi connectivity index (χ4v) is 1.67. The first-order valence-electron chi connectivity index (χ1n) is 5.81. The molecule has 0 aromatic heterocycles. The standard InChI is InChI=1S/C14H17N3O/c1-4-10-5-7-11(8-6-10)13(16-2)12(9-15)14(18)17-3/h5-8,16H,4H2,1-3H3,(H,17,18)/b13-12-. The van der Waals surface area contributed by atoms with E-state index in [2.05, 4.69) is 17.6 Å². The zero-order valence-electron chi connectivity index (χ0n) is 10.9. The van der Waals surface area contributed by atoms with Gasteiger partial charge in [-0.3, -0.25) is 4.79 Å². The van der Waals surface area contributed by atoms with Gasteiger partial charge in [0.1, 0.15) is 11.6 Å². The summed E-state index contributed by atoms with van der Waals surface area (Å²) < 4.78 is 0. The zero-order valence-corrected chi connectivity index (χ0v) is 10.9. The van der Waals surface area contributed by atoms with Gasteiger partial charge in [0.15, 0.2) is 0 Å². The Labute approximate surface area is 107 Å². The van der Waals surface area contributed by atoms with Crippen LogP contribution in [0.25, 0.3) is 5.70 Å². The van der Waals surface area contributed by atoms with E-state index < -0.39 is 0 Å². The lowest BCUT2D eigenvalue weighted by atomic mass is 10.0. The number of likely N-dealkylation sites (N-methyl/N-ethyl adjacent to an activating group) is 1. The van der Waals surface area contributed by atoms with Crippen molar-refractivity contribution in [2.45, 2.75) is 13.3 Å². The van der Waals surface area contributed by atoms with Crippen molar-refractivity contribution in [2.75, 3.05) is 14.1 Å². The monoisotopic (exact) mass is 243 g/mol. The van der Waals surface area contributed by atoms with Crippen LogP contribution in [-0.2, 0) is 11.2 Å². The second kappa shape index (κ2) is 6.45. The van der Waals surface area contributed by atoms with E-state index in [1.165, 1.54) is 12.6 Å². The van der Waals surface area contributed by atoms with Crippen LogP contribution in [0, 0.1) is 11.3 Å². The molecule has 1 aromatic carbocycles. The summed E-state index contributed by atoms with van der Waals surface area (Å²) >= 11 is 0. The molecule has 0 heterocycles. The molecule has 1 aromatic rings. The number of nitrogens with one attached hydrogen (secondary N) is 2. The summed E-state index contributed by atoms with van der Waals surface area (Å²) in [5.41, 5.74) is 2.67. The maximum atomic E-state index is 11.6. The lowest BCUT2D eigenvalue weighted by Gasteiger charge is -2.10. The number of benzene rings is 1. The molecule has 1 rings (SSSR count). The molecule has 0 spiro atoms. The molecule has 0 aliphatic rings. The van der Waals surface area contributed by atoms with Crippen molar-refractivity contribution in [1.29, 1.82) is 5.26 Å². The number of hydrogen-bond acceptors (Lipinski definition) is 3. The van der Waals surface area contributed by atoms with Crippen LogP contribution in [-0.4, -0.2) is 20.0 Å². The zero-order chi connectivity index (χ0) is 13.5. The van der Waals surface area contributed by atoms with Crippen LogP contribution in [0.4, 0.5) is 0 Å². The summed E-state index contributed by atoms with van der Waals surface area (Å²) in [5, 5.41) is 14.5. The Morgan fingerprint density at radius 2 is 1.83 bits per heavy atom. The lowest BCUT2D eigenvalue weighted by molar-refractivity contribution is -0.116. The summed E-state index contributed by atoms with van der Waals surface area (Å²) in [5.74, 6) is -0.388. The highest BCUT2D eigenvalue weighted by molar-refractivity contribution is 6.04. The molecule has 0 saturated heterocycles. The van der Waals surface area contributed by atoms with Gasteiger partial charge in [-0.05, 0) is 17.5 Å². The van der Waals surface area contributed by atoms with E-state index in [4.69, 9.17) is 5.26 Å². The first-order valence-corrected chi connectivity index (χ1v) is 5.81. The van der Waals surface area contributed by atoms with Crippen molar-refractivity contribution >= 4 is 11.6 Å². The summed E-state index contributed by atoms with van der Waals surface area (Å²) in [6.45, 7) is 2.08. The highest BCUT2D eigenvalue weighted by Crippen LogP contribution is 2.16. The van der Waals surface area contributed by atoms with Gasteiger partial charge >= 0.3 is 0 Å². The normalized spacial score (nSPS) is 11.2. The third-order valence-corrected chi connectivity index (χ3v) is 2.72. The maximum Gasteiger partial charge on any atom is 0.263 e. The van der Waals surface area contributed by atoms with Gasteiger partial charge in [-0.1, -0.05) is 31.2 Å². The van der Waals surface area contributed by atoms with E-state index in [-0.39, 0.29) is 11.5 Å². The number of rotatable bonds is 4. The third kappa shape index (κ3) is 2.89. The molecule has 4 heteroatoms. The smallest absolute Gasteiger partial charge is 0.263 e. The molecule has 2 N–H and O–H groups in total. The molecule has 1 amide bonds. The minimum atomic E-state index is -0.388. The summed E-state index contributed by atoms with van der Waals surface area (Å²) in [7, 11) is 3.20. The fraction of sp³-hybridized carbons (Fsp3) is 0.286. The molecule has 94 valence electrons. The van der Waals surface area contributed by atoms with E-state index >= 15 is 0 Å². The van der Waals surface area contributed by atoms with Crippen LogP contribution >= 0.6 is 0 Å². The van der Waals surface area contributed by atoms with Crippen molar-refractivity contribution in [3.63, 3.8) is 0 Å². The van der Waals surface area contributed by atoms with Gasteiger partial charge in [0.2, 0.25) is 0 Å². The van der Waals surface area contributed by atoms with Crippen LogP contribution in [0.15, 0.2) is 29.8 Å². The molecule has 0 unspecified atom stereocenters. The fourth-order valence-electron chi connectivity index (χ4n) is 1.67. The van der Waals surface area contributed by atoms with Gasteiger partial charge < -0.3 is 10.6 Å². The predicted octanol–water partition coefficient (Wildman–Crippen LogP) is 1.45. The summed E-state index contributed by atoms with van der Waals surface area (Å²) in [4.78, 5) is 11.6. The minimum Gasteiger partial charge on any atom is -0.386 e. The van der Waals surface area contributed by atoms with E-state index in [0.717, 1.165) is 12.0 Å². The molecule has 0 atom stereocenters. The van der Waals surface area contributed by atoms with Gasteiger partial charge in [0.25, 0.3) is 5.91 Å². The number of carbonyl (C=O) groups excluding carboxylic acids is 1. The Balaban J connectivity index is 3.26. The van der Waals surface area contributed by atoms with Crippen LogP contribution in [0.5, 0.6) is 0 Å². The Bertz CT molecular complexity index is 495. The topological polar surface area (TPSA) is 64.9 Å². The predicted molar refractivity (Wildman–Crippen MR) is 71.5 cm³/mol. The van der Waals surface area contributed by atoms with Gasteiger partial charge in [-0.2, -0.15) is 5.26 Å². The van der Waals surface area contributed by atoms with E-state index in [1.54, 1.807) is 7.05 Å². The average Bonchev–Trinajstić information content (AvgIpc) is 2.44. The van der Waals surface area contributed by atoms with Crippen LogP contribution < -0.4 is 10.6 Å². The molecule has 0 aliphatic carbocycles. The highest BCUT2D eigenvalue weighted by Gasteiger charge is 2.14. The molecule has 0 bridgehead atoms. The molecule has 0 aliphatic heterocycles. The van der Waals surface area contributed by atoms with Gasteiger partial charge in [-0.15, -0.1) is 0 Å². The summed E-state index contributed by atoms with van der Waals surface area (Å²) in [6, 6.07) is 9.73. The van der Waals surface area contributed by atoms with Crippen LogP contribution in [0.2, 0.25) is 0 Å². The number of nitriles is 1. The van der Waals surface area contributed by atoms with E-state index in [0.29, 0.717) is 5.70 Å². The lowest BCUT2D eigenvalue weighted by Crippen LogP contribution is -2.23. The average molecular weight is 243 g/mol. The summed E-state index contributed by atoms with van der Waals surface area (Å²) in [6.07, 6.45) is 0.958. The molecule has 18 heavy (non-hydrogen) atoms. The van der Waals surface area contributed by atoms with Crippen LogP contribution in [0.1, 0.15) is 18.1 Å². The second-order valence-electron chi connectivity index (χ2n) is 3.74. The Kier molecular flexibility index (Phi) is 4.94. The van der Waals surface area contributed by atoms with Gasteiger partial charge in [-0.25, -0.2) is 0 Å². The van der Waals surface area contributed by atoms with Crippen molar-refractivity contribution in [1.82, 2.24) is 10.6 Å². The van der Waals surface area contributed by atoms with E-state index in [9.17, 15) is 4.79 Å². The number of amides is 1. The number of carbonyl (C=O) groups is 1. The Hall–Kier alpha value is -2.28. The number of aryl methyl sites for hydroxylation is 1. The second-order valence-corrected chi connectivity index (χ2v) is 3.74. The number of nitrogens with zero attached hydrogens (tertiary/aromatic N) is 1. The molecular weight excluding hydrogens is 226 g/mol. The molecule has 0 saturated carbocycles. The SMILES string of the molecule is CCc1ccc(/C(NC)=C(\C#N)C(=O)NC)cc1. The van der Waals surface area contributed by atoms with E-state index in [1.807, 2.05) is 30.3 Å². The molecule has 4 nitrogen and oxygen atoms in total. The van der Waals surface area contributed by atoms with Gasteiger partial charge in [0, 0.05) is 14.1 Å². The van der Waals surface area contributed by atoms with Crippen LogP contribution in [0.3, 0.4) is 0 Å². The van der Waals surface area contributed by atoms with Crippen molar-refractivity contribution in [3.05, 3.63) is 41.0 Å². The largest absolute Gasteiger partial charge is 0.386 e. The third-order valence-electron chi connectivity index (χ3n) is 2.72. The highest BCUT2D eigenvalue weighted by atomic mass is 16.1. The molecular formula is C14H17N3O. The molecule has 0 radical (unpaired) electrons. The Morgan fingerprint density at radius 3 is 2.22 bits per heavy atom. The quantitative estimate of drug-likeness (QED) is 0.621. The minimum absolute atomic E-state index is 0.0873. The Morgan fingerprint density at radius 1 is 1.22 bits per heavy atom. The maximum absolute atomic E-state index is 11.6. The first kappa shape index (κ1) is 13.8.